The van der Waals surface area contributed by atoms with E-state index in [2.05, 4.69) is 10.3 Å². The van der Waals surface area contributed by atoms with Gasteiger partial charge in [-0.2, -0.15) is 13.2 Å². The first-order valence-electron chi connectivity index (χ1n) is 13.8. The third-order valence-corrected chi connectivity index (χ3v) is 8.24. The number of amides is 1. The van der Waals surface area contributed by atoms with Crippen LogP contribution in [0.15, 0.2) is 42.6 Å². The van der Waals surface area contributed by atoms with Crippen molar-refractivity contribution in [3.8, 4) is 5.88 Å². The predicted octanol–water partition coefficient (Wildman–Crippen LogP) is 5.85. The lowest BCUT2D eigenvalue weighted by atomic mass is 9.72. The summed E-state index contributed by atoms with van der Waals surface area (Å²) >= 11 is 0. The number of nitrogens with one attached hydrogen (secondary N) is 1. The molecule has 2 heterocycles. The maximum Gasteiger partial charge on any atom is 0.417 e. The summed E-state index contributed by atoms with van der Waals surface area (Å²) < 4.78 is 45.7. The molecule has 0 spiro atoms. The predicted molar refractivity (Wildman–Crippen MR) is 143 cm³/mol. The molecule has 1 saturated carbocycles. The highest BCUT2D eigenvalue weighted by atomic mass is 19.4. The third kappa shape index (κ3) is 6.11. The van der Waals surface area contributed by atoms with Crippen molar-refractivity contribution >= 4 is 11.9 Å². The van der Waals surface area contributed by atoms with Crippen LogP contribution >= 0.6 is 0 Å². The van der Waals surface area contributed by atoms with E-state index in [-0.39, 0.29) is 29.8 Å². The van der Waals surface area contributed by atoms with Crippen LogP contribution in [0.5, 0.6) is 5.88 Å². The number of ether oxygens (including phenoxy) is 1. The van der Waals surface area contributed by atoms with Crippen LogP contribution in [0.2, 0.25) is 0 Å². The van der Waals surface area contributed by atoms with Gasteiger partial charge in [0.1, 0.15) is 6.04 Å². The fourth-order valence-electron chi connectivity index (χ4n) is 6.48. The Kier molecular flexibility index (Phi) is 8.77. The molecule has 0 unspecified atom stereocenters. The molecule has 2 aliphatic rings. The number of rotatable bonds is 7. The number of benzene rings is 1. The number of carboxylic acids is 1. The summed E-state index contributed by atoms with van der Waals surface area (Å²) in [7, 11) is 1.34. The van der Waals surface area contributed by atoms with Crippen LogP contribution in [0, 0.1) is 17.3 Å². The number of carbonyl (C=O) groups excluding carboxylic acids is 1. The molecule has 2 aromatic rings. The van der Waals surface area contributed by atoms with Crippen LogP contribution in [-0.4, -0.2) is 46.1 Å². The number of alkyl halides is 3. The molecule has 1 amide bonds. The van der Waals surface area contributed by atoms with E-state index in [0.717, 1.165) is 37.1 Å². The van der Waals surface area contributed by atoms with Crippen molar-refractivity contribution in [1.82, 2.24) is 15.2 Å². The molecule has 7 nitrogen and oxygen atoms in total. The first kappa shape index (κ1) is 29.8. The fraction of sp³-hybridized carbons (Fsp3) is 0.567. The maximum absolute atomic E-state index is 14.1. The van der Waals surface area contributed by atoms with Crippen LogP contribution in [0.25, 0.3) is 0 Å². The SMILES string of the molecule is COc1ncc(C(F)(F)F)cc1CN[C@@H]1[C@@H](C(C)(C)C)[C@H](C(=O)O)N(C(=O)C2CCCCC2)[C@@H]1c1ccccc1. The Morgan fingerprint density at radius 2 is 1.75 bits per heavy atom. The Balaban J connectivity index is 1.81. The molecule has 1 aliphatic heterocycles. The zero-order valence-corrected chi connectivity index (χ0v) is 23.4. The largest absolute Gasteiger partial charge is 0.481 e. The van der Waals surface area contributed by atoms with Crippen molar-refractivity contribution in [3.05, 3.63) is 59.3 Å². The van der Waals surface area contributed by atoms with Crippen LogP contribution in [0.3, 0.4) is 0 Å². The van der Waals surface area contributed by atoms with Gasteiger partial charge in [0.15, 0.2) is 0 Å². The number of methoxy groups -OCH3 is 1. The van der Waals surface area contributed by atoms with E-state index in [1.807, 2.05) is 51.1 Å². The topological polar surface area (TPSA) is 91.8 Å². The molecular weight excluding hydrogens is 523 g/mol. The molecule has 1 aromatic heterocycles. The van der Waals surface area contributed by atoms with Gasteiger partial charge in [-0.1, -0.05) is 70.4 Å². The summed E-state index contributed by atoms with van der Waals surface area (Å²) in [6, 6.07) is 7.96. The van der Waals surface area contributed by atoms with E-state index >= 15 is 0 Å². The highest BCUT2D eigenvalue weighted by Crippen LogP contribution is 2.49. The van der Waals surface area contributed by atoms with Gasteiger partial charge in [0.25, 0.3) is 0 Å². The zero-order chi connectivity index (χ0) is 29.2. The van der Waals surface area contributed by atoms with E-state index in [9.17, 15) is 27.9 Å². The molecule has 0 bridgehead atoms. The van der Waals surface area contributed by atoms with Crippen molar-refractivity contribution in [2.75, 3.05) is 7.11 Å². The van der Waals surface area contributed by atoms with E-state index < -0.39 is 47.2 Å². The van der Waals surface area contributed by atoms with E-state index in [0.29, 0.717) is 12.8 Å². The minimum absolute atomic E-state index is 0.0481. The summed E-state index contributed by atoms with van der Waals surface area (Å²) in [4.78, 5) is 32.5. The first-order chi connectivity index (χ1) is 18.8. The molecule has 4 rings (SSSR count). The average Bonchev–Trinajstić information content (AvgIpc) is 3.28. The van der Waals surface area contributed by atoms with Gasteiger partial charge in [0.05, 0.1) is 18.7 Å². The smallest absolute Gasteiger partial charge is 0.417 e. The summed E-state index contributed by atoms with van der Waals surface area (Å²) in [5.74, 6) is -2.01. The lowest BCUT2D eigenvalue weighted by Gasteiger charge is -2.36. The Labute approximate surface area is 233 Å². The quantitative estimate of drug-likeness (QED) is 0.441. The van der Waals surface area contributed by atoms with Crippen molar-refractivity contribution in [3.63, 3.8) is 0 Å². The number of hydrogen-bond acceptors (Lipinski definition) is 5. The Bertz CT molecular complexity index is 1190. The number of carboxylic acid groups (broad SMARTS) is 1. The maximum atomic E-state index is 14.1. The second-order valence-electron chi connectivity index (χ2n) is 11.9. The van der Waals surface area contributed by atoms with Gasteiger partial charge in [0, 0.05) is 36.2 Å². The Hall–Kier alpha value is -3.14. The zero-order valence-electron chi connectivity index (χ0n) is 23.4. The number of aromatic nitrogens is 1. The molecule has 40 heavy (non-hydrogen) atoms. The van der Waals surface area contributed by atoms with Crippen LogP contribution in [0.4, 0.5) is 13.2 Å². The number of aliphatic carboxylic acids is 1. The minimum Gasteiger partial charge on any atom is -0.481 e. The van der Waals surface area contributed by atoms with Crippen molar-refractivity contribution in [2.45, 2.75) is 83.7 Å². The number of halogens is 3. The molecule has 10 heteroatoms. The van der Waals surface area contributed by atoms with Crippen molar-refractivity contribution < 1.29 is 32.6 Å². The van der Waals surface area contributed by atoms with Gasteiger partial charge >= 0.3 is 12.1 Å². The summed E-state index contributed by atoms with van der Waals surface area (Å²) in [5, 5.41) is 13.9. The second kappa shape index (κ2) is 11.8. The lowest BCUT2D eigenvalue weighted by Crippen LogP contribution is -2.49. The molecule has 4 atom stereocenters. The standard InChI is InChI=1S/C30H38F3N3O4/c1-29(2,3)22-23(34-16-20-15-21(30(31,32)33)17-35-26(20)40-4)24(18-11-7-5-8-12-18)36(25(22)28(38)39)27(37)19-13-9-6-10-14-19/h5,7-8,11-12,15,17,19,22-25,34H,6,9-10,13-14,16H2,1-4H3,(H,38,39)/t22-,23-,24-,25-/m1/s1. The van der Waals surface area contributed by atoms with Gasteiger partial charge in [-0.05, 0) is 29.9 Å². The van der Waals surface area contributed by atoms with E-state index in [1.165, 1.54) is 7.11 Å². The third-order valence-electron chi connectivity index (χ3n) is 8.24. The average molecular weight is 562 g/mol. The van der Waals surface area contributed by atoms with Crippen LogP contribution < -0.4 is 10.1 Å². The summed E-state index contributed by atoms with van der Waals surface area (Å²) in [6.45, 7) is 5.75. The Morgan fingerprint density at radius 3 is 2.30 bits per heavy atom. The number of pyridine rings is 1. The van der Waals surface area contributed by atoms with E-state index in [4.69, 9.17) is 4.74 Å². The van der Waals surface area contributed by atoms with Gasteiger partial charge in [0.2, 0.25) is 11.8 Å². The van der Waals surface area contributed by atoms with Gasteiger partial charge < -0.3 is 20.1 Å². The molecule has 1 saturated heterocycles. The highest BCUT2D eigenvalue weighted by Gasteiger charge is 2.58. The van der Waals surface area contributed by atoms with Crippen LogP contribution in [0.1, 0.15) is 75.6 Å². The highest BCUT2D eigenvalue weighted by molar-refractivity contribution is 5.87. The minimum atomic E-state index is -4.58. The van der Waals surface area contributed by atoms with Gasteiger partial charge in [-0.3, -0.25) is 4.79 Å². The van der Waals surface area contributed by atoms with Gasteiger partial charge in [-0.15, -0.1) is 0 Å². The van der Waals surface area contributed by atoms with Crippen molar-refractivity contribution in [1.29, 1.82) is 0 Å². The normalized spacial score (nSPS) is 24.2. The number of hydrogen-bond donors (Lipinski definition) is 2. The first-order valence-corrected chi connectivity index (χ1v) is 13.8. The van der Waals surface area contributed by atoms with Crippen molar-refractivity contribution in [2.24, 2.45) is 17.3 Å². The summed E-state index contributed by atoms with van der Waals surface area (Å²) in [5.41, 5.74) is -0.496. The summed E-state index contributed by atoms with van der Waals surface area (Å²) in [6.07, 6.45) is 0.474. The molecule has 2 fully saturated rings. The molecule has 1 aliphatic carbocycles. The molecule has 1 aromatic carbocycles. The van der Waals surface area contributed by atoms with Crippen LogP contribution in [-0.2, 0) is 22.3 Å². The number of nitrogens with zero attached hydrogens (tertiary/aromatic N) is 2. The lowest BCUT2D eigenvalue weighted by molar-refractivity contribution is -0.154. The monoisotopic (exact) mass is 561 g/mol. The molecule has 0 radical (unpaired) electrons. The fourth-order valence-corrected chi connectivity index (χ4v) is 6.48. The second-order valence-corrected chi connectivity index (χ2v) is 11.9. The molecule has 218 valence electrons. The van der Waals surface area contributed by atoms with E-state index in [1.54, 1.807) is 4.90 Å². The number of likely N-dealkylation sites (tertiary alicyclic amines) is 1. The number of carbonyl (C=O) groups is 2. The molecular formula is C30H38F3N3O4. The molecule has 2 N–H and O–H groups in total. The van der Waals surface area contributed by atoms with Gasteiger partial charge in [-0.25, -0.2) is 9.78 Å². The Morgan fingerprint density at radius 1 is 1.10 bits per heavy atom.